The van der Waals surface area contributed by atoms with E-state index in [4.69, 9.17) is 9.60 Å². The summed E-state index contributed by atoms with van der Waals surface area (Å²) in [5.41, 5.74) is 0.687. The second kappa shape index (κ2) is 9.22. The maximum absolute atomic E-state index is 9.85. The van der Waals surface area contributed by atoms with Gasteiger partial charge in [0.1, 0.15) is 0 Å². The smallest absolute Gasteiger partial charge is 0.0622 e. The summed E-state index contributed by atoms with van der Waals surface area (Å²) in [5, 5.41) is 3.56. The Morgan fingerprint density at radius 2 is 1.05 bits per heavy atom. The summed E-state index contributed by atoms with van der Waals surface area (Å²) in [6, 6.07) is 19.7. The van der Waals surface area contributed by atoms with E-state index >= 15 is 0 Å². The summed E-state index contributed by atoms with van der Waals surface area (Å²) in [5.74, 6) is 0. The molecule has 0 aliphatic carbocycles. The number of hydrogen-bond donors (Lipinski definition) is 0. The molecular weight excluding hydrogens is 480 g/mol. The van der Waals surface area contributed by atoms with Crippen molar-refractivity contribution in [2.75, 3.05) is 0 Å². The average molecular weight is 519 g/mol. The highest BCUT2D eigenvalue weighted by atomic mass is 14.2. The highest BCUT2D eigenvalue weighted by molar-refractivity contribution is 6.24. The lowest BCUT2D eigenvalue weighted by Gasteiger charge is -2.20. The summed E-state index contributed by atoms with van der Waals surface area (Å²) >= 11 is 0. The molecule has 8 rings (SSSR count). The number of benzene rings is 8. The van der Waals surface area contributed by atoms with Crippen molar-refractivity contribution in [3.63, 3.8) is 0 Å². The fourth-order valence-corrected chi connectivity index (χ4v) is 5.57. The van der Waals surface area contributed by atoms with Crippen LogP contribution in [-0.2, 0) is 0 Å². The molecule has 8 aromatic rings. The minimum Gasteiger partial charge on any atom is -0.0622 e. The molecule has 0 aliphatic rings. The Morgan fingerprint density at radius 3 is 1.90 bits per heavy atom. The van der Waals surface area contributed by atoms with Gasteiger partial charge in [0.2, 0.25) is 0 Å². The summed E-state index contributed by atoms with van der Waals surface area (Å²) in [4.78, 5) is 0. The second-order valence-electron chi connectivity index (χ2n) is 9.59. The van der Waals surface area contributed by atoms with Crippen LogP contribution in [0.15, 0.2) is 157 Å². The fraction of sp³-hybridized carbons (Fsp3) is 0. The minimum absolute atomic E-state index is 0.0554. The van der Waals surface area contributed by atoms with E-state index in [1.807, 2.05) is 66.7 Å². The first-order valence-corrected chi connectivity index (χ1v) is 12.9. The van der Waals surface area contributed by atoms with Crippen LogP contribution in [-0.4, -0.2) is 0 Å². The largest absolute Gasteiger partial charge is 0.0636 e. The maximum Gasteiger partial charge on any atom is 0.0636 e. The standard InChI is InChI=1S/C40H26/c1-2-11-27(12-3-1)31-23-24-37-38(26-31)40(34-20-10-16-29-14-6-7-17-33(29)34)36-19-9-8-18-35(36)39(37)32-22-21-28-13-4-5-15-30(28)25-32/h1-26H/i1D,2D,3D,8D,9D,11D,12D,18D,19D,23D,24D,26D. The molecule has 0 nitrogen and oxygen atoms in total. The van der Waals surface area contributed by atoms with Gasteiger partial charge in [0.05, 0.1) is 16.4 Å². The third-order valence-corrected chi connectivity index (χ3v) is 7.35. The van der Waals surface area contributed by atoms with Gasteiger partial charge in [0, 0.05) is 0 Å². The first-order chi connectivity index (χ1) is 24.8. The molecule has 0 spiro atoms. The summed E-state index contributed by atoms with van der Waals surface area (Å²) in [7, 11) is 0. The van der Waals surface area contributed by atoms with Gasteiger partial charge >= 0.3 is 0 Å². The molecule has 186 valence electrons. The lowest BCUT2D eigenvalue weighted by molar-refractivity contribution is 1.64. The Balaban J connectivity index is 1.73. The molecule has 0 heteroatoms. The van der Waals surface area contributed by atoms with Crippen molar-refractivity contribution >= 4 is 43.1 Å². The zero-order chi connectivity index (χ0) is 36.9. The van der Waals surface area contributed by atoms with Crippen LogP contribution in [0, 0.1) is 0 Å². The Hall–Kier alpha value is -5.20. The molecule has 0 atom stereocenters. The zero-order valence-electron chi connectivity index (χ0n) is 33.1. The Bertz CT molecular complexity index is 2840. The quantitative estimate of drug-likeness (QED) is 0.204. The van der Waals surface area contributed by atoms with E-state index in [0.717, 1.165) is 16.2 Å². The van der Waals surface area contributed by atoms with Crippen LogP contribution in [0.1, 0.15) is 16.4 Å². The SMILES string of the molecule is [2H]c1c([2H])c([2H])c(-c2c([2H])c([2H])c3c(-c4ccc5ccccc5c4)c4c([2H])c([2H])c([2H])c([2H])c4c(-c4cccc5ccccc45)c3c2[2H])c([2H])c1[2H]. The number of hydrogen-bond acceptors (Lipinski definition) is 0. The molecule has 0 heterocycles. The molecule has 0 saturated carbocycles. The molecule has 0 amide bonds. The van der Waals surface area contributed by atoms with Crippen LogP contribution in [0.5, 0.6) is 0 Å². The minimum atomic E-state index is -0.653. The molecule has 40 heavy (non-hydrogen) atoms. The zero-order valence-corrected chi connectivity index (χ0v) is 21.1. The molecule has 0 radical (unpaired) electrons. The van der Waals surface area contributed by atoms with Crippen LogP contribution in [0.25, 0.3) is 76.5 Å². The van der Waals surface area contributed by atoms with Gasteiger partial charge in [-0.3, -0.25) is 0 Å². The van der Waals surface area contributed by atoms with Crippen LogP contribution in [0.4, 0.5) is 0 Å². The molecular formula is C40H26. The Kier molecular flexibility index (Phi) is 3.17. The number of rotatable bonds is 3. The van der Waals surface area contributed by atoms with Crippen molar-refractivity contribution in [1.82, 2.24) is 0 Å². The molecule has 0 unspecified atom stereocenters. The third kappa shape index (κ3) is 3.61. The van der Waals surface area contributed by atoms with Crippen LogP contribution >= 0.6 is 0 Å². The molecule has 0 fully saturated rings. The summed E-state index contributed by atoms with van der Waals surface area (Å²) in [6.45, 7) is 0. The van der Waals surface area contributed by atoms with E-state index < -0.39 is 66.0 Å². The predicted octanol–water partition coefficient (Wildman–Crippen LogP) is 11.3. The highest BCUT2D eigenvalue weighted by Gasteiger charge is 2.19. The molecule has 0 aromatic heterocycles. The first kappa shape index (κ1) is 13.7. The van der Waals surface area contributed by atoms with Gasteiger partial charge in [0.15, 0.2) is 0 Å². The molecule has 0 saturated heterocycles. The van der Waals surface area contributed by atoms with Gasteiger partial charge in [-0.2, -0.15) is 0 Å². The third-order valence-electron chi connectivity index (χ3n) is 7.35. The van der Waals surface area contributed by atoms with Gasteiger partial charge in [-0.25, -0.2) is 0 Å². The van der Waals surface area contributed by atoms with Crippen molar-refractivity contribution in [3.8, 4) is 33.4 Å². The van der Waals surface area contributed by atoms with Crippen molar-refractivity contribution in [1.29, 1.82) is 0 Å². The monoisotopic (exact) mass is 518 g/mol. The van der Waals surface area contributed by atoms with E-state index in [1.54, 1.807) is 18.2 Å². The van der Waals surface area contributed by atoms with Gasteiger partial charge in [-0.05, 0) is 88.6 Å². The summed E-state index contributed by atoms with van der Waals surface area (Å²) in [6.07, 6.45) is 0. The maximum atomic E-state index is 9.85. The van der Waals surface area contributed by atoms with Crippen molar-refractivity contribution in [2.24, 2.45) is 0 Å². The van der Waals surface area contributed by atoms with E-state index in [0.29, 0.717) is 16.5 Å². The summed E-state index contributed by atoms with van der Waals surface area (Å²) < 4.78 is 107. The lowest BCUT2D eigenvalue weighted by Crippen LogP contribution is -1.92. The van der Waals surface area contributed by atoms with Gasteiger partial charge in [0.25, 0.3) is 0 Å². The average Bonchev–Trinajstić information content (AvgIpc) is 3.16. The highest BCUT2D eigenvalue weighted by Crippen LogP contribution is 2.46. The normalized spacial score (nSPS) is 15.7. The van der Waals surface area contributed by atoms with E-state index in [-0.39, 0.29) is 50.3 Å². The predicted molar refractivity (Wildman–Crippen MR) is 173 cm³/mol. The van der Waals surface area contributed by atoms with Crippen LogP contribution in [0.3, 0.4) is 0 Å². The van der Waals surface area contributed by atoms with Crippen molar-refractivity contribution in [3.05, 3.63) is 157 Å². The van der Waals surface area contributed by atoms with Crippen molar-refractivity contribution < 1.29 is 16.4 Å². The van der Waals surface area contributed by atoms with E-state index in [1.165, 1.54) is 0 Å². The topological polar surface area (TPSA) is 0 Å². The van der Waals surface area contributed by atoms with Gasteiger partial charge in [-0.15, -0.1) is 0 Å². The fourth-order valence-electron chi connectivity index (χ4n) is 5.57. The van der Waals surface area contributed by atoms with Crippen LogP contribution in [0.2, 0.25) is 0 Å². The van der Waals surface area contributed by atoms with Crippen LogP contribution < -0.4 is 0 Å². The Labute approximate surface area is 250 Å². The van der Waals surface area contributed by atoms with E-state index in [9.17, 15) is 6.85 Å². The first-order valence-electron chi connectivity index (χ1n) is 18.9. The molecule has 0 N–H and O–H groups in total. The number of fused-ring (bicyclic) bond motifs is 4. The van der Waals surface area contributed by atoms with Gasteiger partial charge in [-0.1, -0.05) is 145 Å². The van der Waals surface area contributed by atoms with E-state index in [2.05, 4.69) is 0 Å². The molecule has 0 aliphatic heterocycles. The lowest BCUT2D eigenvalue weighted by atomic mass is 9.83. The van der Waals surface area contributed by atoms with Gasteiger partial charge < -0.3 is 0 Å². The second-order valence-corrected chi connectivity index (χ2v) is 9.59. The van der Waals surface area contributed by atoms with Crippen molar-refractivity contribution in [2.45, 2.75) is 0 Å². The molecule has 8 aromatic carbocycles. The Morgan fingerprint density at radius 1 is 0.375 bits per heavy atom. The molecule has 0 bridgehead atoms.